The lowest BCUT2D eigenvalue weighted by Gasteiger charge is -2.18. The highest BCUT2D eigenvalue weighted by atomic mass is 32.2. The largest absolute Gasteiger partial charge is 0.497 e. The van der Waals surface area contributed by atoms with Crippen LogP contribution in [0.5, 0.6) is 5.75 Å². The number of carbonyl (C=O) groups is 1. The Bertz CT molecular complexity index is 1310. The maximum atomic E-state index is 14.5. The van der Waals surface area contributed by atoms with Gasteiger partial charge in [-0.25, -0.2) is 17.2 Å². The second-order valence-electron chi connectivity index (χ2n) is 7.79. The number of halogens is 2. The van der Waals surface area contributed by atoms with Crippen molar-refractivity contribution in [2.24, 2.45) is 5.92 Å². The van der Waals surface area contributed by atoms with E-state index in [2.05, 4.69) is 5.10 Å². The molecule has 2 atom stereocenters. The van der Waals surface area contributed by atoms with E-state index < -0.39 is 38.6 Å². The highest BCUT2D eigenvalue weighted by molar-refractivity contribution is 7.89. The van der Waals surface area contributed by atoms with Gasteiger partial charge in [-0.1, -0.05) is 6.92 Å². The van der Waals surface area contributed by atoms with Gasteiger partial charge >= 0.3 is 5.97 Å². The maximum Gasteiger partial charge on any atom is 0.309 e. The molecule has 0 saturated carbocycles. The lowest BCUT2D eigenvalue weighted by molar-refractivity contribution is -0.136. The van der Waals surface area contributed by atoms with Gasteiger partial charge in [-0.3, -0.25) is 9.48 Å². The van der Waals surface area contributed by atoms with E-state index >= 15 is 0 Å². The number of aliphatic carboxylic acids is 1. The van der Waals surface area contributed by atoms with Gasteiger partial charge in [0.2, 0.25) is 10.0 Å². The summed E-state index contributed by atoms with van der Waals surface area (Å²) in [7, 11) is -2.80. The van der Waals surface area contributed by atoms with Gasteiger partial charge in [0.05, 0.1) is 30.8 Å². The summed E-state index contributed by atoms with van der Waals surface area (Å²) in [5, 5.41) is 14.1. The topological polar surface area (TPSA) is 102 Å². The highest BCUT2D eigenvalue weighted by Crippen LogP contribution is 2.35. The van der Waals surface area contributed by atoms with E-state index in [1.165, 1.54) is 36.1 Å². The normalized spacial score (nSPS) is 19.5. The van der Waals surface area contributed by atoms with Crippen LogP contribution in [0.25, 0.3) is 10.9 Å². The molecule has 1 aliphatic heterocycles. The monoisotopic (exact) mass is 465 g/mol. The Hall–Kier alpha value is -3.05. The van der Waals surface area contributed by atoms with Crippen LogP contribution in [-0.4, -0.2) is 53.8 Å². The van der Waals surface area contributed by atoms with E-state index in [4.69, 9.17) is 4.74 Å². The average Bonchev–Trinajstić information content (AvgIpc) is 3.27. The molecule has 1 N–H and O–H groups in total. The summed E-state index contributed by atoms with van der Waals surface area (Å²) in [5.41, 5.74) is 0.648. The summed E-state index contributed by atoms with van der Waals surface area (Å²) in [4.78, 5) is 10.8. The van der Waals surface area contributed by atoms with Crippen molar-refractivity contribution in [1.82, 2.24) is 14.1 Å². The smallest absolute Gasteiger partial charge is 0.309 e. The van der Waals surface area contributed by atoms with Gasteiger partial charge in [-0.05, 0) is 36.2 Å². The molecule has 0 radical (unpaired) electrons. The Morgan fingerprint density at radius 1 is 1.22 bits per heavy atom. The number of benzene rings is 2. The van der Waals surface area contributed by atoms with Gasteiger partial charge in [0, 0.05) is 24.5 Å². The van der Waals surface area contributed by atoms with Crippen LogP contribution in [0.15, 0.2) is 41.3 Å². The third-order valence-corrected chi connectivity index (χ3v) is 7.54. The van der Waals surface area contributed by atoms with Crippen molar-refractivity contribution in [3.8, 4) is 5.75 Å². The Balaban J connectivity index is 1.71. The van der Waals surface area contributed by atoms with Gasteiger partial charge in [0.1, 0.15) is 22.3 Å². The zero-order valence-electron chi connectivity index (χ0n) is 17.3. The summed E-state index contributed by atoms with van der Waals surface area (Å²) in [5.74, 6) is -2.56. The molecule has 1 aromatic heterocycles. The average molecular weight is 465 g/mol. The molecule has 0 aliphatic carbocycles. The molecule has 0 spiro atoms. The number of hydrogen-bond donors (Lipinski definition) is 1. The molecule has 8 nitrogen and oxygen atoms in total. The second kappa shape index (κ2) is 8.14. The standard InChI is InChI=1S/C21H21F2N3O5S/c1-12-10-25(32(29,30)20-6-4-14(31-2)8-16(20)23)11-19(12)26-18-7-13(22)3-5-15(18)17(24-26)9-21(27)28/h3-8,12,19H,9-11H2,1-2H3,(H,27,28)/t12-,19+/m1/s1. The summed E-state index contributed by atoms with van der Waals surface area (Å²) in [6, 6.07) is 6.99. The third kappa shape index (κ3) is 3.82. The zero-order chi connectivity index (χ0) is 23.2. The van der Waals surface area contributed by atoms with Gasteiger partial charge in [-0.2, -0.15) is 9.40 Å². The van der Waals surface area contributed by atoms with E-state index in [1.54, 1.807) is 0 Å². The summed E-state index contributed by atoms with van der Waals surface area (Å²) < 4.78 is 62.3. The second-order valence-corrected chi connectivity index (χ2v) is 9.69. The van der Waals surface area contributed by atoms with Crippen molar-refractivity contribution in [3.05, 3.63) is 53.7 Å². The molecule has 0 bridgehead atoms. The molecular weight excluding hydrogens is 444 g/mol. The minimum absolute atomic E-state index is 0.0191. The minimum atomic E-state index is -4.15. The highest BCUT2D eigenvalue weighted by Gasteiger charge is 2.40. The minimum Gasteiger partial charge on any atom is -0.497 e. The predicted molar refractivity (Wildman–Crippen MR) is 111 cm³/mol. The van der Waals surface area contributed by atoms with Crippen molar-refractivity contribution in [3.63, 3.8) is 0 Å². The number of carboxylic acid groups (broad SMARTS) is 1. The van der Waals surface area contributed by atoms with Crippen LogP contribution in [0.2, 0.25) is 0 Å². The van der Waals surface area contributed by atoms with Gasteiger partial charge in [0.15, 0.2) is 0 Å². The van der Waals surface area contributed by atoms with Crippen molar-refractivity contribution in [2.75, 3.05) is 20.2 Å². The Kier molecular flexibility index (Phi) is 5.63. The fraction of sp³-hybridized carbons (Fsp3) is 0.333. The molecule has 1 aliphatic rings. The first kappa shape index (κ1) is 22.2. The molecule has 0 amide bonds. The molecule has 0 unspecified atom stereocenters. The first-order valence-corrected chi connectivity index (χ1v) is 11.3. The van der Waals surface area contributed by atoms with Crippen LogP contribution in [0.3, 0.4) is 0 Å². The van der Waals surface area contributed by atoms with Crippen LogP contribution < -0.4 is 4.74 Å². The summed E-state index contributed by atoms with van der Waals surface area (Å²) in [6.45, 7) is 1.90. The van der Waals surface area contributed by atoms with E-state index in [-0.39, 0.29) is 36.9 Å². The lowest BCUT2D eigenvalue weighted by Crippen LogP contribution is -2.30. The number of sulfonamides is 1. The van der Waals surface area contributed by atoms with Crippen LogP contribution in [-0.2, 0) is 21.2 Å². The quantitative estimate of drug-likeness (QED) is 0.601. The van der Waals surface area contributed by atoms with Gasteiger partial charge < -0.3 is 9.84 Å². The van der Waals surface area contributed by atoms with E-state index in [9.17, 15) is 27.1 Å². The SMILES string of the molecule is COc1ccc(S(=O)(=O)N2C[C@@H](C)[C@@H](n3nc(CC(=O)O)c4ccc(F)cc43)C2)c(F)c1. The first-order chi connectivity index (χ1) is 15.1. The van der Waals surface area contributed by atoms with Gasteiger partial charge in [0.25, 0.3) is 0 Å². The molecular formula is C21H21F2N3O5S. The number of aromatic nitrogens is 2. The van der Waals surface area contributed by atoms with Crippen molar-refractivity contribution in [1.29, 1.82) is 0 Å². The first-order valence-electron chi connectivity index (χ1n) is 9.84. The summed E-state index contributed by atoms with van der Waals surface area (Å²) >= 11 is 0. The van der Waals surface area contributed by atoms with Crippen molar-refractivity contribution in [2.45, 2.75) is 24.3 Å². The fourth-order valence-electron chi connectivity index (χ4n) is 4.08. The van der Waals surface area contributed by atoms with Gasteiger partial charge in [-0.15, -0.1) is 0 Å². The number of carboxylic acids is 1. The van der Waals surface area contributed by atoms with Crippen LogP contribution in [0.1, 0.15) is 18.7 Å². The summed E-state index contributed by atoms with van der Waals surface area (Å²) in [6.07, 6.45) is -0.352. The van der Waals surface area contributed by atoms with Crippen LogP contribution in [0.4, 0.5) is 8.78 Å². The fourth-order valence-corrected chi connectivity index (χ4v) is 5.68. The molecule has 4 rings (SSSR count). The van der Waals surface area contributed by atoms with E-state index in [0.717, 1.165) is 16.4 Å². The van der Waals surface area contributed by atoms with Crippen molar-refractivity contribution >= 4 is 26.9 Å². The molecule has 32 heavy (non-hydrogen) atoms. The van der Waals surface area contributed by atoms with Crippen LogP contribution >= 0.6 is 0 Å². The predicted octanol–water partition coefficient (Wildman–Crippen LogP) is 2.83. The molecule has 1 fully saturated rings. The number of nitrogens with zero attached hydrogens (tertiary/aromatic N) is 3. The Labute approximate surface area is 183 Å². The number of ether oxygens (including phenoxy) is 1. The van der Waals surface area contributed by atoms with Crippen molar-refractivity contribution < 1.29 is 31.8 Å². The molecule has 2 heterocycles. The van der Waals surface area contributed by atoms with E-state index in [1.807, 2.05) is 6.92 Å². The number of hydrogen-bond acceptors (Lipinski definition) is 5. The third-order valence-electron chi connectivity index (χ3n) is 5.67. The molecule has 3 aromatic rings. The Morgan fingerprint density at radius 3 is 2.62 bits per heavy atom. The lowest BCUT2D eigenvalue weighted by atomic mass is 10.1. The molecule has 170 valence electrons. The molecule has 11 heteroatoms. The zero-order valence-corrected chi connectivity index (χ0v) is 18.1. The molecule has 1 saturated heterocycles. The number of rotatable bonds is 6. The van der Waals surface area contributed by atoms with E-state index in [0.29, 0.717) is 10.9 Å². The Morgan fingerprint density at radius 2 is 1.97 bits per heavy atom. The number of methoxy groups -OCH3 is 1. The number of fused-ring (bicyclic) bond motifs is 1. The van der Waals surface area contributed by atoms with Crippen LogP contribution in [0, 0.1) is 17.6 Å². The maximum absolute atomic E-state index is 14.5. The molecule has 2 aromatic carbocycles.